The molecular formula is C15H19N3O2. The van der Waals surface area contributed by atoms with Gasteiger partial charge in [-0.1, -0.05) is 12.1 Å². The van der Waals surface area contributed by atoms with Gasteiger partial charge in [-0.15, -0.1) is 0 Å². The summed E-state index contributed by atoms with van der Waals surface area (Å²) in [5, 5.41) is 4.19. The summed E-state index contributed by atoms with van der Waals surface area (Å²) >= 11 is 0. The number of ether oxygens (including phenoxy) is 1. The Bertz CT molecular complexity index is 535. The molecule has 0 aliphatic rings. The van der Waals surface area contributed by atoms with Crippen molar-refractivity contribution in [2.24, 2.45) is 0 Å². The molecule has 0 aliphatic carbocycles. The molecular weight excluding hydrogens is 254 g/mol. The quantitative estimate of drug-likeness (QED) is 0.754. The van der Waals surface area contributed by atoms with Crippen LogP contribution in [0, 0.1) is 0 Å². The van der Waals surface area contributed by atoms with Crippen molar-refractivity contribution in [2.75, 3.05) is 20.7 Å². The molecule has 5 nitrogen and oxygen atoms in total. The molecule has 0 aliphatic heterocycles. The minimum atomic E-state index is -0.175. The number of carbonyl (C=O) groups is 1. The first-order valence-electron chi connectivity index (χ1n) is 6.53. The highest BCUT2D eigenvalue weighted by Gasteiger charge is 2.05. The van der Waals surface area contributed by atoms with Crippen molar-refractivity contribution < 1.29 is 9.53 Å². The van der Waals surface area contributed by atoms with Crippen LogP contribution in [-0.4, -0.2) is 41.4 Å². The van der Waals surface area contributed by atoms with Crippen LogP contribution in [0.15, 0.2) is 42.7 Å². The van der Waals surface area contributed by atoms with E-state index in [-0.39, 0.29) is 5.97 Å². The summed E-state index contributed by atoms with van der Waals surface area (Å²) in [6.45, 7) is 1.49. The van der Waals surface area contributed by atoms with Crippen LogP contribution in [0.25, 0.3) is 5.69 Å². The molecule has 0 spiro atoms. The van der Waals surface area contributed by atoms with Gasteiger partial charge in [-0.2, -0.15) is 5.10 Å². The Labute approximate surface area is 118 Å². The zero-order chi connectivity index (χ0) is 14.4. The van der Waals surface area contributed by atoms with Crippen molar-refractivity contribution in [3.05, 3.63) is 48.3 Å². The molecule has 0 radical (unpaired) electrons. The van der Waals surface area contributed by atoms with Crippen molar-refractivity contribution in [3.8, 4) is 5.69 Å². The lowest BCUT2D eigenvalue weighted by Crippen LogP contribution is -2.21. The van der Waals surface area contributed by atoms with Crippen molar-refractivity contribution in [1.29, 1.82) is 0 Å². The number of hydrogen-bond acceptors (Lipinski definition) is 4. The summed E-state index contributed by atoms with van der Waals surface area (Å²) in [6, 6.07) is 10.1. The maximum Gasteiger partial charge on any atom is 0.306 e. The van der Waals surface area contributed by atoms with Crippen LogP contribution in [0.5, 0.6) is 0 Å². The number of benzene rings is 1. The molecule has 0 amide bonds. The Hall–Kier alpha value is -2.14. The standard InChI is InChI=1S/C15H19N3O2/c1-17(11-8-15(19)20-2)12-13-4-6-14(7-5-13)18-10-3-9-16-18/h3-7,9-10H,8,11-12H2,1-2H3. The van der Waals surface area contributed by atoms with Gasteiger partial charge in [0.2, 0.25) is 0 Å². The van der Waals surface area contributed by atoms with Gasteiger partial charge in [0.15, 0.2) is 0 Å². The summed E-state index contributed by atoms with van der Waals surface area (Å²) in [6.07, 6.45) is 4.09. The minimum absolute atomic E-state index is 0.175. The van der Waals surface area contributed by atoms with Gasteiger partial charge in [0.1, 0.15) is 0 Å². The normalized spacial score (nSPS) is 10.8. The Morgan fingerprint density at radius 2 is 2.10 bits per heavy atom. The van der Waals surface area contributed by atoms with Crippen LogP contribution in [0.3, 0.4) is 0 Å². The lowest BCUT2D eigenvalue weighted by molar-refractivity contribution is -0.140. The number of esters is 1. The van der Waals surface area contributed by atoms with Gasteiger partial charge in [0.05, 0.1) is 19.2 Å². The molecule has 1 aromatic heterocycles. The van der Waals surface area contributed by atoms with Crippen molar-refractivity contribution >= 4 is 5.97 Å². The molecule has 0 fully saturated rings. The molecule has 2 aromatic rings. The smallest absolute Gasteiger partial charge is 0.306 e. The molecule has 0 N–H and O–H groups in total. The SMILES string of the molecule is COC(=O)CCN(C)Cc1ccc(-n2cccn2)cc1. The molecule has 20 heavy (non-hydrogen) atoms. The average molecular weight is 273 g/mol. The lowest BCUT2D eigenvalue weighted by Gasteiger charge is -2.16. The second-order valence-corrected chi connectivity index (χ2v) is 4.68. The van der Waals surface area contributed by atoms with Gasteiger partial charge in [0, 0.05) is 25.5 Å². The van der Waals surface area contributed by atoms with E-state index in [1.54, 1.807) is 6.20 Å². The minimum Gasteiger partial charge on any atom is -0.469 e. The van der Waals surface area contributed by atoms with E-state index in [0.29, 0.717) is 13.0 Å². The average Bonchev–Trinajstić information content (AvgIpc) is 2.99. The zero-order valence-corrected chi connectivity index (χ0v) is 11.8. The Morgan fingerprint density at radius 1 is 1.35 bits per heavy atom. The fourth-order valence-corrected chi connectivity index (χ4v) is 1.95. The molecule has 1 heterocycles. The molecule has 5 heteroatoms. The summed E-state index contributed by atoms with van der Waals surface area (Å²) in [5.74, 6) is -0.175. The summed E-state index contributed by atoms with van der Waals surface area (Å²) < 4.78 is 6.46. The van der Waals surface area contributed by atoms with E-state index < -0.39 is 0 Å². The third-order valence-electron chi connectivity index (χ3n) is 3.08. The third-order valence-corrected chi connectivity index (χ3v) is 3.08. The van der Waals surface area contributed by atoms with Gasteiger partial charge < -0.3 is 9.64 Å². The van der Waals surface area contributed by atoms with Gasteiger partial charge in [-0.25, -0.2) is 4.68 Å². The lowest BCUT2D eigenvalue weighted by atomic mass is 10.2. The van der Waals surface area contributed by atoms with E-state index in [2.05, 4.69) is 26.9 Å². The highest BCUT2D eigenvalue weighted by molar-refractivity contribution is 5.69. The van der Waals surface area contributed by atoms with Gasteiger partial charge in [0.25, 0.3) is 0 Å². The van der Waals surface area contributed by atoms with E-state index >= 15 is 0 Å². The first-order chi connectivity index (χ1) is 9.69. The predicted molar refractivity (Wildman–Crippen MR) is 76.5 cm³/mol. The van der Waals surface area contributed by atoms with Crippen LogP contribution in [-0.2, 0) is 16.1 Å². The van der Waals surface area contributed by atoms with Gasteiger partial charge >= 0.3 is 5.97 Å². The van der Waals surface area contributed by atoms with Crippen LogP contribution in [0.4, 0.5) is 0 Å². The number of hydrogen-bond donors (Lipinski definition) is 0. The summed E-state index contributed by atoms with van der Waals surface area (Å²) in [5.41, 5.74) is 2.24. The molecule has 0 atom stereocenters. The maximum atomic E-state index is 11.1. The molecule has 0 saturated heterocycles. The van der Waals surface area contributed by atoms with Crippen LogP contribution < -0.4 is 0 Å². The largest absolute Gasteiger partial charge is 0.469 e. The number of nitrogens with zero attached hydrogens (tertiary/aromatic N) is 3. The van der Waals surface area contributed by atoms with E-state index in [9.17, 15) is 4.79 Å². The second kappa shape index (κ2) is 6.86. The number of aromatic nitrogens is 2. The Kier molecular flexibility index (Phi) is 4.90. The maximum absolute atomic E-state index is 11.1. The molecule has 0 saturated carbocycles. The Morgan fingerprint density at radius 3 is 2.70 bits per heavy atom. The van der Waals surface area contributed by atoms with Crippen LogP contribution in [0.2, 0.25) is 0 Å². The molecule has 0 unspecified atom stereocenters. The summed E-state index contributed by atoms with van der Waals surface area (Å²) in [7, 11) is 3.40. The third kappa shape index (κ3) is 3.93. The number of rotatable bonds is 6. The van der Waals surface area contributed by atoms with E-state index in [1.807, 2.05) is 36.1 Å². The van der Waals surface area contributed by atoms with Crippen molar-refractivity contribution in [1.82, 2.24) is 14.7 Å². The van der Waals surface area contributed by atoms with Crippen LogP contribution in [0.1, 0.15) is 12.0 Å². The number of carbonyl (C=O) groups excluding carboxylic acids is 1. The van der Waals surface area contributed by atoms with Crippen LogP contribution >= 0.6 is 0 Å². The number of methoxy groups -OCH3 is 1. The van der Waals surface area contributed by atoms with E-state index in [0.717, 1.165) is 12.2 Å². The van der Waals surface area contributed by atoms with Crippen molar-refractivity contribution in [2.45, 2.75) is 13.0 Å². The fraction of sp³-hybridized carbons (Fsp3) is 0.333. The van der Waals surface area contributed by atoms with Gasteiger partial charge in [-0.05, 0) is 30.8 Å². The van der Waals surface area contributed by atoms with Crippen molar-refractivity contribution in [3.63, 3.8) is 0 Å². The first kappa shape index (κ1) is 14.3. The molecule has 0 bridgehead atoms. The highest BCUT2D eigenvalue weighted by atomic mass is 16.5. The first-order valence-corrected chi connectivity index (χ1v) is 6.53. The second-order valence-electron chi connectivity index (χ2n) is 4.68. The Balaban J connectivity index is 1.89. The van der Waals surface area contributed by atoms with Gasteiger partial charge in [-0.3, -0.25) is 4.79 Å². The van der Waals surface area contributed by atoms with E-state index in [1.165, 1.54) is 12.7 Å². The molecule has 2 rings (SSSR count). The highest BCUT2D eigenvalue weighted by Crippen LogP contribution is 2.10. The van der Waals surface area contributed by atoms with E-state index in [4.69, 9.17) is 0 Å². The predicted octanol–water partition coefficient (Wildman–Crippen LogP) is 1.87. The summed E-state index contributed by atoms with van der Waals surface area (Å²) in [4.78, 5) is 13.2. The fourth-order valence-electron chi connectivity index (χ4n) is 1.95. The molecule has 1 aromatic carbocycles. The monoisotopic (exact) mass is 273 g/mol. The topological polar surface area (TPSA) is 47.4 Å². The zero-order valence-electron chi connectivity index (χ0n) is 11.8. The molecule has 106 valence electrons.